The molecule has 0 amide bonds. The molecule has 4 heterocycles. The van der Waals surface area contributed by atoms with E-state index < -0.39 is 54.3 Å². The summed E-state index contributed by atoms with van der Waals surface area (Å²) < 4.78 is 50.2. The van der Waals surface area contributed by atoms with Gasteiger partial charge in [-0.3, -0.25) is 19.6 Å². The molecular formula is C27H29ClF3N5O4S. The number of fused-ring (bicyclic) bond motifs is 1. The quantitative estimate of drug-likeness (QED) is 0.411. The van der Waals surface area contributed by atoms with E-state index in [-0.39, 0.29) is 30.3 Å². The minimum Gasteiger partial charge on any atom is -0.481 e. The van der Waals surface area contributed by atoms with Crippen LogP contribution in [0.25, 0.3) is 0 Å². The molecule has 0 spiro atoms. The summed E-state index contributed by atoms with van der Waals surface area (Å²) in [4.78, 5) is 37.0. The normalized spacial score (nSPS) is 25.0. The topological polar surface area (TPSA) is 107 Å². The summed E-state index contributed by atoms with van der Waals surface area (Å²) >= 11 is 7.71. The van der Waals surface area contributed by atoms with Crippen LogP contribution in [-0.4, -0.2) is 88.5 Å². The van der Waals surface area contributed by atoms with Gasteiger partial charge in [-0.2, -0.15) is 0 Å². The number of nitrogens with one attached hydrogen (secondary N) is 1. The van der Waals surface area contributed by atoms with Crippen LogP contribution in [0.1, 0.15) is 36.9 Å². The van der Waals surface area contributed by atoms with Crippen molar-refractivity contribution in [3.8, 4) is 0 Å². The molecule has 2 saturated heterocycles. The van der Waals surface area contributed by atoms with Crippen molar-refractivity contribution in [2.45, 2.75) is 44.3 Å². The molecule has 14 heteroatoms. The van der Waals surface area contributed by atoms with Crippen molar-refractivity contribution in [2.75, 3.05) is 32.8 Å². The van der Waals surface area contributed by atoms with Crippen LogP contribution in [0.15, 0.2) is 46.0 Å². The number of rotatable bonds is 9. The molecule has 0 bridgehead atoms. The third kappa shape index (κ3) is 5.85. The fraction of sp³-hybridized carbons (Fsp3) is 0.481. The van der Waals surface area contributed by atoms with E-state index in [0.29, 0.717) is 35.1 Å². The van der Waals surface area contributed by atoms with Crippen molar-refractivity contribution in [2.24, 2.45) is 10.9 Å². The number of ether oxygens (including phenoxy) is 1. The molecule has 3 aliphatic heterocycles. The van der Waals surface area contributed by atoms with E-state index in [1.54, 1.807) is 28.3 Å². The number of nitrogens with zero attached hydrogens (tertiary/aromatic N) is 4. The van der Waals surface area contributed by atoms with Gasteiger partial charge in [0, 0.05) is 53.5 Å². The number of hydrogen-bond donors (Lipinski definition) is 2. The number of carboxylic acids is 1. The summed E-state index contributed by atoms with van der Waals surface area (Å²) in [6, 6.07) is 1.03. The van der Waals surface area contributed by atoms with Crippen LogP contribution in [0, 0.1) is 11.7 Å². The van der Waals surface area contributed by atoms with Crippen molar-refractivity contribution in [1.82, 2.24) is 20.1 Å². The molecule has 2 aromatic rings. The molecule has 4 unspecified atom stereocenters. The number of aromatic nitrogens is 1. The Morgan fingerprint density at radius 1 is 1.34 bits per heavy atom. The number of halogens is 4. The van der Waals surface area contributed by atoms with Crippen molar-refractivity contribution in [3.05, 3.63) is 62.5 Å². The molecule has 4 atom stereocenters. The van der Waals surface area contributed by atoms with Crippen LogP contribution in [-0.2, 0) is 14.3 Å². The minimum atomic E-state index is -3.11. The maximum absolute atomic E-state index is 15.5. The van der Waals surface area contributed by atoms with Gasteiger partial charge in [0.25, 0.3) is 5.92 Å². The summed E-state index contributed by atoms with van der Waals surface area (Å²) in [6.45, 7) is 2.92. The Morgan fingerprint density at radius 3 is 2.78 bits per heavy atom. The SMILES string of the molecule is CCOC(=O)C1=C(CN2CC(F)(F)C3C2CCN3CC(C)C(=O)O)NC(c2nccs2)=NC1c1ccc(F)cc1Cl. The molecular weight excluding hydrogens is 583 g/mol. The summed E-state index contributed by atoms with van der Waals surface area (Å²) in [5, 5.41) is 14.8. The van der Waals surface area contributed by atoms with Gasteiger partial charge in [-0.15, -0.1) is 11.3 Å². The Morgan fingerprint density at radius 2 is 2.12 bits per heavy atom. The number of likely N-dealkylation sites (tertiary alicyclic amines) is 2. The van der Waals surface area contributed by atoms with E-state index in [4.69, 9.17) is 21.3 Å². The second-order valence-corrected chi connectivity index (χ2v) is 11.6. The zero-order valence-corrected chi connectivity index (χ0v) is 23.9. The van der Waals surface area contributed by atoms with Gasteiger partial charge >= 0.3 is 11.9 Å². The molecule has 220 valence electrons. The second-order valence-electron chi connectivity index (χ2n) is 10.3. The van der Waals surface area contributed by atoms with Crippen molar-refractivity contribution in [1.29, 1.82) is 0 Å². The highest BCUT2D eigenvalue weighted by Gasteiger charge is 2.59. The summed E-state index contributed by atoms with van der Waals surface area (Å²) in [6.07, 6.45) is 2.00. The van der Waals surface area contributed by atoms with Gasteiger partial charge in [0.05, 0.1) is 30.7 Å². The Hall–Kier alpha value is -3.00. The number of thiazole rings is 1. The van der Waals surface area contributed by atoms with Gasteiger partial charge in [-0.05, 0) is 25.5 Å². The first kappa shape index (κ1) is 29.5. The lowest BCUT2D eigenvalue weighted by Gasteiger charge is -2.31. The van der Waals surface area contributed by atoms with Crippen LogP contribution in [0.3, 0.4) is 0 Å². The Bertz CT molecular complexity index is 1390. The molecule has 41 heavy (non-hydrogen) atoms. The molecule has 5 rings (SSSR count). The summed E-state index contributed by atoms with van der Waals surface area (Å²) in [5.41, 5.74) is 0.744. The predicted octanol–water partition coefficient (Wildman–Crippen LogP) is 3.96. The number of benzene rings is 1. The fourth-order valence-electron chi connectivity index (χ4n) is 5.83. The fourth-order valence-corrected chi connectivity index (χ4v) is 6.69. The molecule has 2 N–H and O–H groups in total. The highest BCUT2D eigenvalue weighted by atomic mass is 35.5. The third-order valence-electron chi connectivity index (χ3n) is 7.59. The maximum Gasteiger partial charge on any atom is 0.338 e. The van der Waals surface area contributed by atoms with E-state index in [1.165, 1.54) is 30.4 Å². The van der Waals surface area contributed by atoms with Crippen molar-refractivity contribution >= 4 is 40.7 Å². The molecule has 9 nitrogen and oxygen atoms in total. The number of alkyl halides is 2. The van der Waals surface area contributed by atoms with E-state index in [9.17, 15) is 19.1 Å². The second kappa shape index (κ2) is 11.7. The van der Waals surface area contributed by atoms with Gasteiger partial charge in [0.1, 0.15) is 11.9 Å². The van der Waals surface area contributed by atoms with Gasteiger partial charge in [0.2, 0.25) is 0 Å². The Kier molecular flexibility index (Phi) is 8.42. The molecule has 1 aromatic carbocycles. The lowest BCUT2D eigenvalue weighted by Crippen LogP contribution is -2.47. The lowest BCUT2D eigenvalue weighted by atomic mass is 9.95. The van der Waals surface area contributed by atoms with Crippen LogP contribution < -0.4 is 5.32 Å². The van der Waals surface area contributed by atoms with Crippen LogP contribution >= 0.6 is 22.9 Å². The highest BCUT2D eigenvalue weighted by molar-refractivity contribution is 7.11. The van der Waals surface area contributed by atoms with Gasteiger partial charge < -0.3 is 15.2 Å². The minimum absolute atomic E-state index is 0.0148. The average molecular weight is 612 g/mol. The first-order chi connectivity index (χ1) is 19.5. The van der Waals surface area contributed by atoms with Crippen LogP contribution in [0.2, 0.25) is 5.02 Å². The first-order valence-corrected chi connectivity index (χ1v) is 14.4. The monoisotopic (exact) mass is 611 g/mol. The maximum atomic E-state index is 15.5. The molecule has 0 saturated carbocycles. The van der Waals surface area contributed by atoms with E-state index in [2.05, 4.69) is 10.3 Å². The highest BCUT2D eigenvalue weighted by Crippen LogP contribution is 2.43. The Labute approximate surface area is 243 Å². The Balaban J connectivity index is 1.54. The summed E-state index contributed by atoms with van der Waals surface area (Å²) in [7, 11) is 0. The third-order valence-corrected chi connectivity index (χ3v) is 8.70. The zero-order valence-electron chi connectivity index (χ0n) is 22.3. The smallest absolute Gasteiger partial charge is 0.338 e. The van der Waals surface area contributed by atoms with Crippen molar-refractivity contribution in [3.63, 3.8) is 0 Å². The molecule has 0 radical (unpaired) electrons. The number of esters is 1. The summed E-state index contributed by atoms with van der Waals surface area (Å²) in [5.74, 6) is -5.89. The largest absolute Gasteiger partial charge is 0.481 e. The predicted molar refractivity (Wildman–Crippen MR) is 147 cm³/mol. The number of carbonyl (C=O) groups excluding carboxylic acids is 1. The van der Waals surface area contributed by atoms with E-state index in [0.717, 1.165) is 6.07 Å². The molecule has 3 aliphatic rings. The molecule has 0 aliphatic carbocycles. The molecule has 1 aromatic heterocycles. The first-order valence-electron chi connectivity index (χ1n) is 13.2. The molecule has 2 fully saturated rings. The lowest BCUT2D eigenvalue weighted by molar-refractivity contribution is -0.142. The van der Waals surface area contributed by atoms with Crippen LogP contribution in [0.4, 0.5) is 13.2 Å². The number of aliphatic imine (C=N–C) groups is 1. The number of carbonyl (C=O) groups is 2. The van der Waals surface area contributed by atoms with E-state index >= 15 is 8.78 Å². The average Bonchev–Trinajstić information content (AvgIpc) is 3.63. The van der Waals surface area contributed by atoms with E-state index in [1.807, 2.05) is 0 Å². The zero-order chi connectivity index (χ0) is 29.5. The van der Waals surface area contributed by atoms with Gasteiger partial charge in [-0.1, -0.05) is 24.6 Å². The van der Waals surface area contributed by atoms with Crippen LogP contribution in [0.5, 0.6) is 0 Å². The van der Waals surface area contributed by atoms with Crippen molar-refractivity contribution < 1.29 is 32.6 Å². The number of hydrogen-bond acceptors (Lipinski definition) is 9. The number of carboxylic acid groups (broad SMARTS) is 1. The standard InChI is InChI=1S/C27H29ClF3N5O4S/c1-3-40-26(39)20-18(12-36-13-27(30,31)22-19(36)6-8-35(22)11-14(2)25(37)38)33-23(24-32-7-9-41-24)34-21(20)16-5-4-15(29)10-17(16)28/h4-5,7,9-10,14,19,21-22H,3,6,8,11-13H2,1-2H3,(H,33,34)(H,37,38). The van der Waals surface area contributed by atoms with Gasteiger partial charge in [0.15, 0.2) is 10.8 Å². The number of aliphatic carboxylic acids is 1. The van der Waals surface area contributed by atoms with Gasteiger partial charge in [-0.25, -0.2) is 22.9 Å². The number of amidine groups is 1.